The number of ether oxygens (including phenoxy) is 3. The first-order chi connectivity index (χ1) is 14.6. The first-order valence-corrected chi connectivity index (χ1v) is 10.2. The van der Waals surface area contributed by atoms with E-state index >= 15 is 0 Å². The molecule has 0 saturated carbocycles. The fraction of sp³-hybridized carbons (Fsp3) is 0.391. The molecule has 7 heteroatoms. The Morgan fingerprint density at radius 3 is 2.57 bits per heavy atom. The molecule has 1 amide bonds. The number of nitrogens with zero attached hydrogens (tertiary/aromatic N) is 2. The lowest BCUT2D eigenvalue weighted by Gasteiger charge is -2.34. The van der Waals surface area contributed by atoms with Crippen molar-refractivity contribution in [2.75, 3.05) is 39.4 Å². The van der Waals surface area contributed by atoms with Gasteiger partial charge in [-0.1, -0.05) is 42.0 Å². The van der Waals surface area contributed by atoms with Crippen molar-refractivity contribution >= 4 is 11.9 Å². The highest BCUT2D eigenvalue weighted by Gasteiger charge is 2.30. The number of carbonyl (C=O) groups is 2. The van der Waals surface area contributed by atoms with E-state index in [4.69, 9.17) is 14.2 Å². The Morgan fingerprint density at radius 1 is 1.03 bits per heavy atom. The van der Waals surface area contributed by atoms with Crippen LogP contribution in [0.25, 0.3) is 0 Å². The van der Waals surface area contributed by atoms with Crippen molar-refractivity contribution < 1.29 is 23.8 Å². The van der Waals surface area contributed by atoms with Crippen LogP contribution in [0.2, 0.25) is 0 Å². The number of hydrogen-bond donors (Lipinski definition) is 0. The molecule has 2 aromatic carbocycles. The summed E-state index contributed by atoms with van der Waals surface area (Å²) in [5, 5.41) is 0. The molecule has 158 valence electrons. The van der Waals surface area contributed by atoms with Gasteiger partial charge in [0.05, 0.1) is 0 Å². The molecule has 2 heterocycles. The molecule has 0 bridgehead atoms. The Kier molecular flexibility index (Phi) is 6.18. The summed E-state index contributed by atoms with van der Waals surface area (Å²) in [5.41, 5.74) is 2.53. The highest BCUT2D eigenvalue weighted by atomic mass is 16.6. The first-order valence-electron chi connectivity index (χ1n) is 10.2. The summed E-state index contributed by atoms with van der Waals surface area (Å²) in [6.45, 7) is 5.59. The maximum absolute atomic E-state index is 12.5. The third-order valence-corrected chi connectivity index (χ3v) is 5.32. The molecule has 1 unspecified atom stereocenters. The molecule has 30 heavy (non-hydrogen) atoms. The summed E-state index contributed by atoms with van der Waals surface area (Å²) >= 11 is 0. The molecule has 1 fully saturated rings. The maximum Gasteiger partial charge on any atom is 0.351 e. The number of aryl methyl sites for hydroxylation is 1. The van der Waals surface area contributed by atoms with Crippen LogP contribution < -0.4 is 9.47 Å². The molecule has 0 spiro atoms. The zero-order valence-electron chi connectivity index (χ0n) is 17.1. The average Bonchev–Trinajstić information content (AvgIpc) is 2.77. The van der Waals surface area contributed by atoms with Gasteiger partial charge in [0.2, 0.25) is 6.10 Å². The Hall–Kier alpha value is -3.06. The Bertz CT molecular complexity index is 908. The van der Waals surface area contributed by atoms with Gasteiger partial charge in [-0.2, -0.15) is 0 Å². The number of rotatable bonds is 5. The summed E-state index contributed by atoms with van der Waals surface area (Å²) in [4.78, 5) is 28.8. The SMILES string of the molecule is Cc1cccc(CN2CCN(C(=O)COC(=O)C3COc4ccccc4O3)CC2)c1. The minimum absolute atomic E-state index is 0.0711. The fourth-order valence-corrected chi connectivity index (χ4v) is 3.68. The molecule has 0 N–H and O–H groups in total. The van der Waals surface area contributed by atoms with Crippen LogP contribution >= 0.6 is 0 Å². The second kappa shape index (κ2) is 9.17. The van der Waals surface area contributed by atoms with Crippen molar-refractivity contribution in [3.05, 3.63) is 59.7 Å². The van der Waals surface area contributed by atoms with Gasteiger partial charge in [0.15, 0.2) is 18.1 Å². The minimum atomic E-state index is -0.862. The lowest BCUT2D eigenvalue weighted by atomic mass is 10.1. The predicted molar refractivity (Wildman–Crippen MR) is 110 cm³/mol. The van der Waals surface area contributed by atoms with Gasteiger partial charge < -0.3 is 19.1 Å². The molecule has 7 nitrogen and oxygen atoms in total. The van der Waals surface area contributed by atoms with Gasteiger partial charge in [0.1, 0.15) is 6.61 Å². The van der Waals surface area contributed by atoms with E-state index < -0.39 is 12.1 Å². The van der Waals surface area contributed by atoms with E-state index in [9.17, 15) is 9.59 Å². The van der Waals surface area contributed by atoms with E-state index in [0.717, 1.165) is 19.6 Å². The number of piperazine rings is 1. The molecular weight excluding hydrogens is 384 g/mol. The molecule has 1 saturated heterocycles. The van der Waals surface area contributed by atoms with Crippen LogP contribution in [0.4, 0.5) is 0 Å². The normalized spacial score (nSPS) is 18.7. The van der Waals surface area contributed by atoms with Crippen molar-refractivity contribution in [1.82, 2.24) is 9.80 Å². The van der Waals surface area contributed by atoms with Crippen molar-refractivity contribution in [2.24, 2.45) is 0 Å². The van der Waals surface area contributed by atoms with Gasteiger partial charge in [-0.25, -0.2) is 4.79 Å². The summed E-state index contributed by atoms with van der Waals surface area (Å²) < 4.78 is 16.3. The van der Waals surface area contributed by atoms with Crippen molar-refractivity contribution in [2.45, 2.75) is 19.6 Å². The lowest BCUT2D eigenvalue weighted by Crippen LogP contribution is -2.49. The highest BCUT2D eigenvalue weighted by molar-refractivity contribution is 5.82. The third kappa shape index (κ3) is 4.91. The Balaban J connectivity index is 1.20. The third-order valence-electron chi connectivity index (χ3n) is 5.32. The van der Waals surface area contributed by atoms with Crippen LogP contribution in [-0.4, -0.2) is 67.2 Å². The van der Waals surface area contributed by atoms with Crippen LogP contribution in [0.3, 0.4) is 0 Å². The van der Waals surface area contributed by atoms with E-state index in [1.807, 2.05) is 6.07 Å². The van der Waals surface area contributed by atoms with Crippen LogP contribution in [0.15, 0.2) is 48.5 Å². The van der Waals surface area contributed by atoms with Gasteiger partial charge in [-0.15, -0.1) is 0 Å². The Labute approximate surface area is 176 Å². The molecule has 2 aliphatic heterocycles. The van der Waals surface area contributed by atoms with E-state index in [2.05, 4.69) is 36.1 Å². The minimum Gasteiger partial charge on any atom is -0.485 e. The van der Waals surface area contributed by atoms with Crippen LogP contribution in [0.5, 0.6) is 11.5 Å². The Morgan fingerprint density at radius 2 is 1.80 bits per heavy atom. The summed E-state index contributed by atoms with van der Waals surface area (Å²) in [5.74, 6) is 0.328. The van der Waals surface area contributed by atoms with E-state index in [-0.39, 0.29) is 19.1 Å². The van der Waals surface area contributed by atoms with E-state index in [0.29, 0.717) is 24.6 Å². The second-order valence-electron chi connectivity index (χ2n) is 7.62. The number of esters is 1. The smallest absolute Gasteiger partial charge is 0.351 e. The van der Waals surface area contributed by atoms with Gasteiger partial charge in [-0.3, -0.25) is 9.69 Å². The van der Waals surface area contributed by atoms with Crippen molar-refractivity contribution in [3.63, 3.8) is 0 Å². The van der Waals surface area contributed by atoms with Crippen LogP contribution in [0, 0.1) is 6.92 Å². The second-order valence-corrected chi connectivity index (χ2v) is 7.62. The van der Waals surface area contributed by atoms with Crippen molar-refractivity contribution in [1.29, 1.82) is 0 Å². The van der Waals surface area contributed by atoms with E-state index in [1.54, 1.807) is 23.1 Å². The predicted octanol–water partition coefficient (Wildman–Crippen LogP) is 2.02. The topological polar surface area (TPSA) is 68.3 Å². The average molecular weight is 410 g/mol. The lowest BCUT2D eigenvalue weighted by molar-refractivity contribution is -0.160. The molecular formula is C23H26N2O5. The first kappa shape index (κ1) is 20.2. The van der Waals surface area contributed by atoms with Crippen LogP contribution in [-0.2, 0) is 20.9 Å². The molecule has 0 aliphatic carbocycles. The largest absolute Gasteiger partial charge is 0.485 e. The monoisotopic (exact) mass is 410 g/mol. The zero-order valence-corrected chi connectivity index (χ0v) is 17.1. The number of hydrogen-bond acceptors (Lipinski definition) is 6. The number of benzene rings is 2. The summed E-state index contributed by atoms with van der Waals surface area (Å²) in [6.07, 6.45) is -0.862. The van der Waals surface area contributed by atoms with Gasteiger partial charge in [-0.05, 0) is 24.6 Å². The molecule has 2 aliphatic rings. The fourth-order valence-electron chi connectivity index (χ4n) is 3.68. The van der Waals surface area contributed by atoms with Gasteiger partial charge in [0, 0.05) is 32.7 Å². The zero-order chi connectivity index (χ0) is 20.9. The summed E-state index contributed by atoms with van der Waals surface area (Å²) in [7, 11) is 0. The number of para-hydroxylation sites is 2. The number of carbonyl (C=O) groups excluding carboxylic acids is 2. The van der Waals surface area contributed by atoms with Gasteiger partial charge >= 0.3 is 5.97 Å². The molecule has 4 rings (SSSR count). The quantitative estimate of drug-likeness (QED) is 0.703. The van der Waals surface area contributed by atoms with Crippen molar-refractivity contribution in [3.8, 4) is 11.5 Å². The van der Waals surface area contributed by atoms with E-state index in [1.165, 1.54) is 11.1 Å². The highest BCUT2D eigenvalue weighted by Crippen LogP contribution is 2.31. The molecule has 1 atom stereocenters. The summed E-state index contributed by atoms with van der Waals surface area (Å²) in [6, 6.07) is 15.6. The number of amides is 1. The molecule has 0 radical (unpaired) electrons. The standard InChI is InChI=1S/C23H26N2O5/c1-17-5-4-6-18(13-17)14-24-9-11-25(12-10-24)22(26)16-29-23(27)21-15-28-19-7-2-3-8-20(19)30-21/h2-8,13,21H,9-12,14-16H2,1H3. The van der Waals surface area contributed by atoms with Gasteiger partial charge in [0.25, 0.3) is 5.91 Å². The number of fused-ring (bicyclic) bond motifs is 1. The molecule has 2 aromatic rings. The maximum atomic E-state index is 12.5. The van der Waals surface area contributed by atoms with Crippen LogP contribution in [0.1, 0.15) is 11.1 Å². The molecule has 0 aromatic heterocycles.